The fourth-order valence-corrected chi connectivity index (χ4v) is 3.62. The Balaban J connectivity index is 0.00000240. The SMILES string of the molecule is COc1ccc(C2(C(=O)Nc3ccc4[nH]c(C(C)(C)C)cc4c3)CC2)cc1O.[HH]. The number of aromatic nitrogens is 1. The second-order valence-corrected chi connectivity index (χ2v) is 8.66. The van der Waals surface area contributed by atoms with Gasteiger partial charge in [0.1, 0.15) is 0 Å². The van der Waals surface area contributed by atoms with Gasteiger partial charge in [-0.15, -0.1) is 0 Å². The summed E-state index contributed by atoms with van der Waals surface area (Å²) in [6.07, 6.45) is 1.54. The van der Waals surface area contributed by atoms with Crippen LogP contribution in [0.5, 0.6) is 11.5 Å². The monoisotopic (exact) mass is 380 g/mol. The molecule has 5 nitrogen and oxygen atoms in total. The van der Waals surface area contributed by atoms with E-state index in [1.807, 2.05) is 24.3 Å². The van der Waals surface area contributed by atoms with Crippen LogP contribution in [0.4, 0.5) is 5.69 Å². The molecule has 0 unspecified atom stereocenters. The van der Waals surface area contributed by atoms with Gasteiger partial charge in [0.2, 0.25) is 5.91 Å². The van der Waals surface area contributed by atoms with Gasteiger partial charge in [-0.3, -0.25) is 4.79 Å². The number of carbonyl (C=O) groups excluding carboxylic acids is 1. The Bertz CT molecular complexity index is 1060. The quantitative estimate of drug-likeness (QED) is 0.590. The number of amides is 1. The van der Waals surface area contributed by atoms with E-state index >= 15 is 0 Å². The zero-order chi connectivity index (χ0) is 20.1. The highest BCUT2D eigenvalue weighted by atomic mass is 16.5. The lowest BCUT2D eigenvalue weighted by Gasteiger charge is -2.17. The van der Waals surface area contributed by atoms with Gasteiger partial charge in [-0.1, -0.05) is 26.8 Å². The van der Waals surface area contributed by atoms with Crippen molar-refractivity contribution in [3.63, 3.8) is 0 Å². The molecule has 1 aromatic heterocycles. The lowest BCUT2D eigenvalue weighted by Crippen LogP contribution is -2.27. The number of aromatic amines is 1. The highest BCUT2D eigenvalue weighted by molar-refractivity contribution is 6.02. The van der Waals surface area contributed by atoms with E-state index < -0.39 is 5.41 Å². The lowest BCUT2D eigenvalue weighted by molar-refractivity contribution is -0.118. The normalized spacial score (nSPS) is 15.4. The van der Waals surface area contributed by atoms with Crippen LogP contribution in [0.3, 0.4) is 0 Å². The van der Waals surface area contributed by atoms with Gasteiger partial charge in [-0.25, -0.2) is 0 Å². The van der Waals surface area contributed by atoms with Crippen molar-refractivity contribution in [2.45, 2.75) is 44.4 Å². The molecule has 0 aliphatic heterocycles. The number of phenols is 1. The number of anilines is 1. The van der Waals surface area contributed by atoms with Crippen LogP contribution in [-0.2, 0) is 15.6 Å². The van der Waals surface area contributed by atoms with Crippen LogP contribution < -0.4 is 10.1 Å². The van der Waals surface area contributed by atoms with Crippen molar-refractivity contribution in [1.29, 1.82) is 0 Å². The van der Waals surface area contributed by atoms with Gasteiger partial charge in [0.15, 0.2) is 11.5 Å². The topological polar surface area (TPSA) is 74.3 Å². The fraction of sp³-hybridized carbons (Fsp3) is 0.348. The number of methoxy groups -OCH3 is 1. The minimum absolute atomic E-state index is 0. The van der Waals surface area contributed by atoms with Crippen LogP contribution in [-0.4, -0.2) is 23.1 Å². The molecule has 28 heavy (non-hydrogen) atoms. The summed E-state index contributed by atoms with van der Waals surface area (Å²) in [5, 5.41) is 14.2. The molecule has 1 aliphatic rings. The number of phenolic OH excluding ortho intramolecular Hbond substituents is 1. The second kappa shape index (κ2) is 6.30. The molecule has 0 saturated heterocycles. The van der Waals surface area contributed by atoms with Crippen molar-refractivity contribution in [2.24, 2.45) is 0 Å². The van der Waals surface area contributed by atoms with Crippen molar-refractivity contribution in [3.05, 3.63) is 53.7 Å². The zero-order valence-electron chi connectivity index (χ0n) is 16.7. The summed E-state index contributed by atoms with van der Waals surface area (Å²) in [5.41, 5.74) is 3.29. The summed E-state index contributed by atoms with van der Waals surface area (Å²) in [6, 6.07) is 13.3. The smallest absolute Gasteiger partial charge is 0.235 e. The zero-order valence-corrected chi connectivity index (χ0v) is 16.7. The van der Waals surface area contributed by atoms with Crippen LogP contribution >= 0.6 is 0 Å². The Labute approximate surface area is 166 Å². The van der Waals surface area contributed by atoms with Crippen LogP contribution in [0, 0.1) is 0 Å². The number of benzene rings is 2. The molecule has 4 rings (SSSR count). The van der Waals surface area contributed by atoms with Crippen LogP contribution in [0.2, 0.25) is 0 Å². The molecule has 1 saturated carbocycles. The predicted molar refractivity (Wildman–Crippen MR) is 113 cm³/mol. The molecule has 2 aromatic carbocycles. The molecular formula is C23H28N2O3. The third-order valence-electron chi connectivity index (χ3n) is 5.60. The number of carbonyl (C=O) groups is 1. The van der Waals surface area contributed by atoms with E-state index in [4.69, 9.17) is 4.74 Å². The molecule has 0 atom stereocenters. The number of H-pyrrole nitrogens is 1. The minimum atomic E-state index is -0.576. The fourth-order valence-electron chi connectivity index (χ4n) is 3.62. The first-order valence-electron chi connectivity index (χ1n) is 9.55. The highest BCUT2D eigenvalue weighted by Crippen LogP contribution is 2.50. The van der Waals surface area contributed by atoms with E-state index in [1.54, 1.807) is 12.1 Å². The summed E-state index contributed by atoms with van der Waals surface area (Å²) in [4.78, 5) is 16.5. The van der Waals surface area contributed by atoms with E-state index in [0.717, 1.165) is 35.0 Å². The number of fused-ring (bicyclic) bond motifs is 1. The molecule has 3 aromatic rings. The van der Waals surface area contributed by atoms with E-state index in [1.165, 1.54) is 12.8 Å². The van der Waals surface area contributed by atoms with Gasteiger partial charge >= 0.3 is 0 Å². The Hall–Kier alpha value is -2.95. The average molecular weight is 380 g/mol. The standard InChI is InChI=1S/C23H26N2O3.H2/c1-22(2,3)20-12-14-11-16(6-7-17(14)25-20)24-21(27)23(9-10-23)15-5-8-19(28-4)18(26)13-15;/h5-8,11-13,25-26H,9-10H2,1-4H3,(H,24,27);1H. The Morgan fingerprint density at radius 3 is 2.54 bits per heavy atom. The molecule has 1 aliphatic carbocycles. The first kappa shape index (κ1) is 18.4. The summed E-state index contributed by atoms with van der Waals surface area (Å²) in [7, 11) is 1.51. The second-order valence-electron chi connectivity index (χ2n) is 8.66. The summed E-state index contributed by atoms with van der Waals surface area (Å²) < 4.78 is 5.10. The van der Waals surface area contributed by atoms with Gasteiger partial charge < -0.3 is 20.1 Å². The maximum atomic E-state index is 13.0. The van der Waals surface area contributed by atoms with E-state index in [-0.39, 0.29) is 18.5 Å². The first-order valence-corrected chi connectivity index (χ1v) is 9.55. The van der Waals surface area contributed by atoms with Crippen molar-refractivity contribution >= 4 is 22.5 Å². The lowest BCUT2D eigenvalue weighted by atomic mass is 9.92. The number of hydrogen-bond acceptors (Lipinski definition) is 3. The predicted octanol–water partition coefficient (Wildman–Crippen LogP) is 5.10. The van der Waals surface area contributed by atoms with Gasteiger partial charge in [0, 0.05) is 29.1 Å². The van der Waals surface area contributed by atoms with Gasteiger partial charge in [0.05, 0.1) is 12.5 Å². The Kier molecular flexibility index (Phi) is 4.14. The molecule has 0 spiro atoms. The molecule has 0 radical (unpaired) electrons. The largest absolute Gasteiger partial charge is 0.504 e. The van der Waals surface area contributed by atoms with Crippen LogP contribution in [0.15, 0.2) is 42.5 Å². The van der Waals surface area contributed by atoms with Crippen molar-refractivity contribution in [1.82, 2.24) is 4.98 Å². The molecule has 1 heterocycles. The summed E-state index contributed by atoms with van der Waals surface area (Å²) in [5.74, 6) is 0.429. The number of aromatic hydroxyl groups is 1. The average Bonchev–Trinajstić information content (AvgIpc) is 3.34. The van der Waals surface area contributed by atoms with E-state index in [9.17, 15) is 9.90 Å². The van der Waals surface area contributed by atoms with E-state index in [2.05, 4.69) is 37.1 Å². The van der Waals surface area contributed by atoms with Gasteiger partial charge in [-0.05, 0) is 54.8 Å². The van der Waals surface area contributed by atoms with Crippen molar-refractivity contribution in [3.8, 4) is 11.5 Å². The number of hydrogen-bond donors (Lipinski definition) is 3. The molecule has 1 amide bonds. The number of rotatable bonds is 4. The molecule has 1 fully saturated rings. The summed E-state index contributed by atoms with van der Waals surface area (Å²) >= 11 is 0. The molecule has 3 N–H and O–H groups in total. The molecular weight excluding hydrogens is 352 g/mol. The molecule has 5 heteroatoms. The minimum Gasteiger partial charge on any atom is -0.504 e. The van der Waals surface area contributed by atoms with Gasteiger partial charge in [0.25, 0.3) is 0 Å². The van der Waals surface area contributed by atoms with Crippen molar-refractivity contribution < 1.29 is 16.1 Å². The number of nitrogens with one attached hydrogen (secondary N) is 2. The van der Waals surface area contributed by atoms with Gasteiger partial charge in [-0.2, -0.15) is 0 Å². The van der Waals surface area contributed by atoms with Crippen LogP contribution in [0.1, 0.15) is 46.3 Å². The van der Waals surface area contributed by atoms with Crippen LogP contribution in [0.25, 0.3) is 10.9 Å². The first-order chi connectivity index (χ1) is 13.2. The Morgan fingerprint density at radius 1 is 1.18 bits per heavy atom. The maximum Gasteiger partial charge on any atom is 0.235 e. The number of ether oxygens (including phenoxy) is 1. The maximum absolute atomic E-state index is 13.0. The highest BCUT2D eigenvalue weighted by Gasteiger charge is 2.51. The summed E-state index contributed by atoms with van der Waals surface area (Å²) in [6.45, 7) is 6.50. The van der Waals surface area contributed by atoms with Crippen molar-refractivity contribution in [2.75, 3.05) is 12.4 Å². The molecule has 0 bridgehead atoms. The third kappa shape index (κ3) is 3.11. The third-order valence-corrected chi connectivity index (χ3v) is 5.60. The van der Waals surface area contributed by atoms with E-state index in [0.29, 0.717) is 5.75 Å². The molecule has 148 valence electrons. The Morgan fingerprint density at radius 2 is 1.93 bits per heavy atom.